The maximum absolute atomic E-state index is 8.92. The molecule has 2 N–H and O–H groups in total. The Hall–Kier alpha value is -1.41. The van der Waals surface area contributed by atoms with Gasteiger partial charge in [-0.05, 0) is 18.6 Å². The number of hydrogen-bond donors (Lipinski definition) is 1. The molecule has 1 fully saturated rings. The zero-order valence-electron chi connectivity index (χ0n) is 9.89. The smallest absolute Gasteiger partial charge is 0.165 e. The molecule has 2 rings (SSSR count). The van der Waals surface area contributed by atoms with Gasteiger partial charge in [-0.25, -0.2) is 4.98 Å². The highest BCUT2D eigenvalue weighted by Crippen LogP contribution is 2.25. The molecule has 0 amide bonds. The molecule has 1 saturated heterocycles. The highest BCUT2D eigenvalue weighted by molar-refractivity contribution is 8.00. The second-order valence-electron chi connectivity index (χ2n) is 4.07. The van der Waals surface area contributed by atoms with Crippen LogP contribution in [0.15, 0.2) is 12.1 Å². The van der Waals surface area contributed by atoms with Crippen molar-refractivity contribution in [2.45, 2.75) is 18.6 Å². The first-order valence-corrected chi connectivity index (χ1v) is 6.82. The molecule has 1 atom stereocenters. The minimum absolute atomic E-state index is 0.328. The molecule has 1 aliphatic heterocycles. The molecule has 0 saturated carbocycles. The van der Waals surface area contributed by atoms with Crippen LogP contribution in [-0.4, -0.2) is 29.1 Å². The lowest BCUT2D eigenvalue weighted by Crippen LogP contribution is -2.38. The first kappa shape index (κ1) is 12.1. The molecule has 2 heterocycles. The van der Waals surface area contributed by atoms with Crippen LogP contribution in [-0.2, 0) is 0 Å². The number of thioether (sulfide) groups is 1. The fourth-order valence-electron chi connectivity index (χ4n) is 1.90. The second kappa shape index (κ2) is 5.28. The highest BCUT2D eigenvalue weighted by Gasteiger charge is 2.20. The Morgan fingerprint density at radius 3 is 3.18 bits per heavy atom. The molecule has 0 spiro atoms. The second-order valence-corrected chi connectivity index (χ2v) is 5.47. The Bertz CT molecular complexity index is 441. The largest absolute Gasteiger partial charge is 0.396 e. The highest BCUT2D eigenvalue weighted by atomic mass is 32.2. The van der Waals surface area contributed by atoms with E-state index in [2.05, 4.69) is 16.8 Å². The third kappa shape index (κ3) is 2.64. The van der Waals surface area contributed by atoms with Crippen LogP contribution in [0.1, 0.15) is 19.0 Å². The molecule has 0 aliphatic carbocycles. The average molecular weight is 248 g/mol. The predicted octanol–water partition coefficient (Wildman–Crippen LogP) is 1.87. The van der Waals surface area contributed by atoms with Crippen LogP contribution in [0.5, 0.6) is 0 Å². The number of hydrogen-bond acceptors (Lipinski definition) is 5. The van der Waals surface area contributed by atoms with Gasteiger partial charge in [0.25, 0.3) is 0 Å². The Labute approximate surface area is 106 Å². The van der Waals surface area contributed by atoms with E-state index in [0.717, 1.165) is 24.7 Å². The van der Waals surface area contributed by atoms with Crippen LogP contribution in [0.2, 0.25) is 0 Å². The van der Waals surface area contributed by atoms with E-state index in [1.165, 1.54) is 6.42 Å². The Kier molecular flexibility index (Phi) is 3.75. The summed E-state index contributed by atoms with van der Waals surface area (Å²) in [5.41, 5.74) is 6.46. The van der Waals surface area contributed by atoms with Gasteiger partial charge in [-0.1, -0.05) is 6.92 Å². The summed E-state index contributed by atoms with van der Waals surface area (Å²) in [5.74, 6) is 1.99. The maximum atomic E-state index is 8.92. The normalized spacial score (nSPS) is 20.0. The number of anilines is 2. The van der Waals surface area contributed by atoms with E-state index in [0.29, 0.717) is 16.6 Å². The fourth-order valence-corrected chi connectivity index (χ4v) is 3.08. The Balaban J connectivity index is 2.19. The van der Waals surface area contributed by atoms with Gasteiger partial charge in [0.2, 0.25) is 0 Å². The molecule has 5 heteroatoms. The zero-order chi connectivity index (χ0) is 12.3. The number of nitrogen functional groups attached to an aromatic ring is 1. The summed E-state index contributed by atoms with van der Waals surface area (Å²) in [6, 6.07) is 5.70. The number of pyridine rings is 1. The minimum Gasteiger partial charge on any atom is -0.396 e. The van der Waals surface area contributed by atoms with Gasteiger partial charge in [0.05, 0.1) is 5.69 Å². The van der Waals surface area contributed by atoms with Gasteiger partial charge in [-0.3, -0.25) is 0 Å². The summed E-state index contributed by atoms with van der Waals surface area (Å²) >= 11 is 2.02. The molecule has 90 valence electrons. The van der Waals surface area contributed by atoms with E-state index in [9.17, 15) is 0 Å². The summed E-state index contributed by atoms with van der Waals surface area (Å²) in [5, 5.41) is 9.59. The van der Waals surface area contributed by atoms with Gasteiger partial charge in [-0.2, -0.15) is 17.0 Å². The van der Waals surface area contributed by atoms with E-state index >= 15 is 0 Å². The lowest BCUT2D eigenvalue weighted by molar-refractivity contribution is 0.720. The van der Waals surface area contributed by atoms with Gasteiger partial charge in [0, 0.05) is 24.1 Å². The maximum Gasteiger partial charge on any atom is 0.165 e. The monoisotopic (exact) mass is 248 g/mol. The molecule has 1 aromatic rings. The first-order valence-electron chi connectivity index (χ1n) is 5.77. The number of rotatable bonds is 2. The van der Waals surface area contributed by atoms with Gasteiger partial charge in [-0.15, -0.1) is 0 Å². The van der Waals surface area contributed by atoms with Crippen molar-refractivity contribution in [2.24, 2.45) is 0 Å². The third-order valence-corrected chi connectivity index (χ3v) is 4.31. The lowest BCUT2D eigenvalue weighted by Gasteiger charge is -2.32. The van der Waals surface area contributed by atoms with Gasteiger partial charge >= 0.3 is 0 Å². The van der Waals surface area contributed by atoms with E-state index in [4.69, 9.17) is 11.0 Å². The summed E-state index contributed by atoms with van der Waals surface area (Å²) in [6.07, 6.45) is 1.17. The van der Waals surface area contributed by atoms with Crippen LogP contribution in [0.25, 0.3) is 0 Å². The predicted molar refractivity (Wildman–Crippen MR) is 72.1 cm³/mol. The molecule has 1 unspecified atom stereocenters. The first-order chi connectivity index (χ1) is 8.24. The Morgan fingerprint density at radius 1 is 1.65 bits per heavy atom. The number of nitriles is 1. The molecule has 1 aliphatic rings. The zero-order valence-corrected chi connectivity index (χ0v) is 10.7. The molecular formula is C12H16N4S. The number of nitrogens with zero attached hydrogens (tertiary/aromatic N) is 3. The van der Waals surface area contributed by atoms with Crippen molar-refractivity contribution in [3.63, 3.8) is 0 Å². The molecule has 1 aromatic heterocycles. The van der Waals surface area contributed by atoms with Crippen LogP contribution in [0.4, 0.5) is 11.5 Å². The van der Waals surface area contributed by atoms with Crippen LogP contribution >= 0.6 is 11.8 Å². The summed E-state index contributed by atoms with van der Waals surface area (Å²) < 4.78 is 0. The molecule has 17 heavy (non-hydrogen) atoms. The van der Waals surface area contributed by atoms with Gasteiger partial charge < -0.3 is 10.6 Å². The van der Waals surface area contributed by atoms with Gasteiger partial charge in [0.15, 0.2) is 5.69 Å². The summed E-state index contributed by atoms with van der Waals surface area (Å²) in [4.78, 5) is 6.55. The third-order valence-electron chi connectivity index (χ3n) is 2.94. The minimum atomic E-state index is 0.328. The average Bonchev–Trinajstić information content (AvgIpc) is 2.39. The Morgan fingerprint density at radius 2 is 2.47 bits per heavy atom. The van der Waals surface area contributed by atoms with Crippen LogP contribution in [0, 0.1) is 11.3 Å². The number of aromatic nitrogens is 1. The standard InChI is InChI=1S/C12H16N4S/c1-2-9-8-16(5-6-17-9)12-4-3-10(14)11(7-13)15-12/h3-4,9H,2,5-6,8,14H2,1H3. The van der Waals surface area contributed by atoms with Gasteiger partial charge in [0.1, 0.15) is 11.9 Å². The molecule has 0 aromatic carbocycles. The van der Waals surface area contributed by atoms with Crippen molar-refractivity contribution < 1.29 is 0 Å². The van der Waals surface area contributed by atoms with E-state index in [1.807, 2.05) is 23.9 Å². The summed E-state index contributed by atoms with van der Waals surface area (Å²) in [6.45, 7) is 4.20. The molecule has 4 nitrogen and oxygen atoms in total. The van der Waals surface area contributed by atoms with Crippen LogP contribution in [0.3, 0.4) is 0 Å². The topological polar surface area (TPSA) is 65.9 Å². The van der Waals surface area contributed by atoms with Crippen molar-refractivity contribution in [3.8, 4) is 6.07 Å². The van der Waals surface area contributed by atoms with Crippen molar-refractivity contribution in [1.82, 2.24) is 4.98 Å². The lowest BCUT2D eigenvalue weighted by atomic mass is 10.2. The van der Waals surface area contributed by atoms with Crippen LogP contribution < -0.4 is 10.6 Å². The van der Waals surface area contributed by atoms with Crippen molar-refractivity contribution in [2.75, 3.05) is 29.5 Å². The van der Waals surface area contributed by atoms with E-state index in [1.54, 1.807) is 6.07 Å². The summed E-state index contributed by atoms with van der Waals surface area (Å²) in [7, 11) is 0. The SMILES string of the molecule is CCC1CN(c2ccc(N)c(C#N)n2)CCS1. The molecular weight excluding hydrogens is 232 g/mol. The van der Waals surface area contributed by atoms with Crippen molar-refractivity contribution in [3.05, 3.63) is 17.8 Å². The van der Waals surface area contributed by atoms with Crippen molar-refractivity contribution in [1.29, 1.82) is 5.26 Å². The van der Waals surface area contributed by atoms with E-state index in [-0.39, 0.29) is 0 Å². The number of nitrogens with two attached hydrogens (primary N) is 1. The molecule has 0 radical (unpaired) electrons. The molecule has 0 bridgehead atoms. The van der Waals surface area contributed by atoms with E-state index < -0.39 is 0 Å². The quantitative estimate of drug-likeness (QED) is 0.865. The fraction of sp³-hybridized carbons (Fsp3) is 0.500. The van der Waals surface area contributed by atoms with Crippen molar-refractivity contribution >= 4 is 23.3 Å².